The van der Waals surface area contributed by atoms with E-state index in [9.17, 15) is 17.2 Å². The van der Waals surface area contributed by atoms with Gasteiger partial charge in [0.15, 0.2) is 9.84 Å². The third-order valence-electron chi connectivity index (χ3n) is 5.36. The number of rotatable bonds is 3. The SMILES string of the molecule is CC1=NC(C)(c2ccc(F)cc2C)C(c2ccc(CF)cc2)S(=O)(=O)CN1C. The zero-order valence-corrected chi connectivity index (χ0v) is 17.2. The van der Waals surface area contributed by atoms with Crippen LogP contribution in [0.4, 0.5) is 8.78 Å². The zero-order chi connectivity index (χ0) is 20.7. The highest BCUT2D eigenvalue weighted by Gasteiger charge is 2.48. The first kappa shape index (κ1) is 20.5. The van der Waals surface area contributed by atoms with Crippen LogP contribution in [0.3, 0.4) is 0 Å². The fourth-order valence-electron chi connectivity index (χ4n) is 3.98. The van der Waals surface area contributed by atoms with Gasteiger partial charge in [0.25, 0.3) is 0 Å². The second-order valence-electron chi connectivity index (χ2n) is 7.51. The van der Waals surface area contributed by atoms with Crippen molar-refractivity contribution in [3.8, 4) is 0 Å². The molecule has 1 aliphatic heterocycles. The lowest BCUT2D eigenvalue weighted by atomic mass is 9.83. The van der Waals surface area contributed by atoms with Crippen LogP contribution in [0.15, 0.2) is 47.5 Å². The summed E-state index contributed by atoms with van der Waals surface area (Å²) in [6.07, 6.45) is 0. The topological polar surface area (TPSA) is 49.7 Å². The largest absolute Gasteiger partial charge is 0.349 e. The van der Waals surface area contributed by atoms with Crippen LogP contribution in [0.1, 0.15) is 41.4 Å². The van der Waals surface area contributed by atoms with Gasteiger partial charge in [0, 0.05) is 7.05 Å². The number of hydrogen-bond donors (Lipinski definition) is 0. The Balaban J connectivity index is 2.31. The van der Waals surface area contributed by atoms with Crippen molar-refractivity contribution in [1.82, 2.24) is 4.90 Å². The first-order valence-electron chi connectivity index (χ1n) is 8.99. The van der Waals surface area contributed by atoms with E-state index in [0.29, 0.717) is 28.1 Å². The van der Waals surface area contributed by atoms with Gasteiger partial charge in [-0.05, 0) is 55.2 Å². The van der Waals surface area contributed by atoms with Crippen molar-refractivity contribution in [2.75, 3.05) is 12.9 Å². The van der Waals surface area contributed by atoms with E-state index in [0.717, 1.165) is 0 Å². The average Bonchev–Trinajstić information content (AvgIpc) is 2.67. The maximum Gasteiger partial charge on any atom is 0.178 e. The van der Waals surface area contributed by atoms with Crippen molar-refractivity contribution in [2.24, 2.45) is 4.99 Å². The zero-order valence-electron chi connectivity index (χ0n) is 16.4. The molecule has 0 radical (unpaired) electrons. The summed E-state index contributed by atoms with van der Waals surface area (Å²) >= 11 is 0. The molecule has 2 atom stereocenters. The lowest BCUT2D eigenvalue weighted by molar-refractivity contribution is 0.454. The van der Waals surface area contributed by atoms with Gasteiger partial charge >= 0.3 is 0 Å². The van der Waals surface area contributed by atoms with Crippen molar-refractivity contribution in [3.63, 3.8) is 0 Å². The van der Waals surface area contributed by atoms with Gasteiger partial charge in [-0.3, -0.25) is 4.99 Å². The number of aliphatic imine (C=N–C) groups is 1. The number of alkyl halides is 1. The van der Waals surface area contributed by atoms with Gasteiger partial charge in [-0.25, -0.2) is 17.2 Å². The van der Waals surface area contributed by atoms with Crippen molar-refractivity contribution in [2.45, 2.75) is 38.2 Å². The van der Waals surface area contributed by atoms with E-state index >= 15 is 0 Å². The molecule has 0 aliphatic carbocycles. The molecule has 4 nitrogen and oxygen atoms in total. The third kappa shape index (κ3) is 3.55. The highest BCUT2D eigenvalue weighted by Crippen LogP contribution is 2.47. The molecule has 150 valence electrons. The van der Waals surface area contributed by atoms with E-state index < -0.39 is 27.3 Å². The van der Waals surface area contributed by atoms with E-state index in [1.165, 1.54) is 12.1 Å². The first-order valence-corrected chi connectivity index (χ1v) is 10.7. The van der Waals surface area contributed by atoms with Crippen molar-refractivity contribution in [1.29, 1.82) is 0 Å². The Morgan fingerprint density at radius 1 is 1.18 bits per heavy atom. The molecule has 0 aromatic heterocycles. The second kappa shape index (κ2) is 7.28. The lowest BCUT2D eigenvalue weighted by Crippen LogP contribution is -2.35. The van der Waals surface area contributed by atoms with Gasteiger partial charge in [0.05, 0.1) is 5.84 Å². The van der Waals surface area contributed by atoms with Crippen LogP contribution >= 0.6 is 0 Å². The number of hydrogen-bond acceptors (Lipinski definition) is 4. The average molecular weight is 406 g/mol. The quantitative estimate of drug-likeness (QED) is 0.764. The van der Waals surface area contributed by atoms with Crippen molar-refractivity contribution >= 4 is 15.7 Å². The number of benzene rings is 2. The Bertz CT molecular complexity index is 1020. The van der Waals surface area contributed by atoms with Crippen molar-refractivity contribution < 1.29 is 17.2 Å². The first-order chi connectivity index (χ1) is 13.1. The normalized spacial score (nSPS) is 24.6. The van der Waals surface area contributed by atoms with E-state index in [4.69, 9.17) is 4.99 Å². The summed E-state index contributed by atoms with van der Waals surface area (Å²) in [7, 11) is -1.99. The molecule has 1 heterocycles. The van der Waals surface area contributed by atoms with Crippen LogP contribution < -0.4 is 0 Å². The molecule has 3 rings (SSSR count). The standard InChI is InChI=1S/C21H24F2N2O2S/c1-14-11-18(23)9-10-19(14)21(3)20(17-7-5-16(12-22)6-8-17)28(26,27)13-25(4)15(2)24-21/h5-11,20H,12-13H2,1-4H3. The summed E-state index contributed by atoms with van der Waals surface area (Å²) in [6.45, 7) is 4.66. The minimum absolute atomic E-state index is 0.187. The molecule has 2 aromatic rings. The molecule has 0 bridgehead atoms. The van der Waals surface area contributed by atoms with Crippen LogP contribution in [-0.4, -0.2) is 32.1 Å². The van der Waals surface area contributed by atoms with Crippen molar-refractivity contribution in [3.05, 3.63) is 70.5 Å². The minimum Gasteiger partial charge on any atom is -0.349 e. The molecule has 0 spiro atoms. The summed E-state index contributed by atoms with van der Waals surface area (Å²) in [4.78, 5) is 6.41. The molecule has 0 N–H and O–H groups in total. The Hall–Kier alpha value is -2.28. The van der Waals surface area contributed by atoms with E-state index in [-0.39, 0.29) is 11.7 Å². The monoisotopic (exact) mass is 406 g/mol. The molecule has 28 heavy (non-hydrogen) atoms. The van der Waals surface area contributed by atoms with Gasteiger partial charge in [0.2, 0.25) is 0 Å². The predicted octanol–water partition coefficient (Wildman–Crippen LogP) is 4.30. The van der Waals surface area contributed by atoms with Crippen LogP contribution in [0.2, 0.25) is 0 Å². The van der Waals surface area contributed by atoms with E-state index in [1.807, 2.05) is 0 Å². The molecule has 2 unspecified atom stereocenters. The van der Waals surface area contributed by atoms with Crippen LogP contribution in [0, 0.1) is 12.7 Å². The summed E-state index contributed by atoms with van der Waals surface area (Å²) in [6, 6.07) is 10.8. The molecule has 7 heteroatoms. The Labute approximate surface area is 164 Å². The predicted molar refractivity (Wildman–Crippen MR) is 107 cm³/mol. The van der Waals surface area contributed by atoms with Crippen LogP contribution in [0.25, 0.3) is 0 Å². The van der Waals surface area contributed by atoms with Crippen LogP contribution in [-0.2, 0) is 22.1 Å². The smallest absolute Gasteiger partial charge is 0.178 e. The highest BCUT2D eigenvalue weighted by molar-refractivity contribution is 7.91. The summed E-state index contributed by atoms with van der Waals surface area (Å²) < 4.78 is 53.5. The summed E-state index contributed by atoms with van der Waals surface area (Å²) in [5.41, 5.74) is 1.13. The number of halogens is 2. The number of aryl methyl sites for hydroxylation is 1. The van der Waals surface area contributed by atoms with Gasteiger partial charge in [-0.1, -0.05) is 30.3 Å². The van der Waals surface area contributed by atoms with E-state index in [2.05, 4.69) is 0 Å². The fraction of sp³-hybridized carbons (Fsp3) is 0.381. The third-order valence-corrected chi connectivity index (χ3v) is 7.56. The lowest BCUT2D eigenvalue weighted by Gasteiger charge is -2.34. The van der Waals surface area contributed by atoms with Gasteiger partial charge in [-0.2, -0.15) is 0 Å². The fourth-order valence-corrected chi connectivity index (χ4v) is 6.30. The van der Waals surface area contributed by atoms with Gasteiger partial charge < -0.3 is 4.90 Å². The van der Waals surface area contributed by atoms with Gasteiger partial charge in [-0.15, -0.1) is 0 Å². The van der Waals surface area contributed by atoms with Gasteiger partial charge in [0.1, 0.15) is 29.2 Å². The molecule has 0 saturated heterocycles. The molecule has 2 aromatic carbocycles. The molecule has 0 fully saturated rings. The highest BCUT2D eigenvalue weighted by atomic mass is 32.2. The maximum absolute atomic E-state index is 13.7. The number of sulfone groups is 1. The summed E-state index contributed by atoms with van der Waals surface area (Å²) in [5, 5.41) is -0.988. The summed E-state index contributed by atoms with van der Waals surface area (Å²) in [5.74, 6) is 0.00826. The van der Waals surface area contributed by atoms with Crippen LogP contribution in [0.5, 0.6) is 0 Å². The molecular formula is C21H24F2N2O2S. The Morgan fingerprint density at radius 3 is 2.39 bits per heavy atom. The maximum atomic E-state index is 13.7. The molecule has 0 amide bonds. The molecule has 0 saturated carbocycles. The number of nitrogens with zero attached hydrogens (tertiary/aromatic N) is 2. The van der Waals surface area contributed by atoms with E-state index in [1.54, 1.807) is 63.1 Å². The number of amidine groups is 1. The Kier molecular flexibility index (Phi) is 5.32. The molecular weight excluding hydrogens is 382 g/mol. The molecule has 1 aliphatic rings. The second-order valence-corrected chi connectivity index (χ2v) is 9.57. The Morgan fingerprint density at radius 2 is 1.82 bits per heavy atom. The minimum atomic E-state index is -3.67.